The van der Waals surface area contributed by atoms with Crippen LogP contribution in [-0.2, 0) is 16.8 Å². The lowest BCUT2D eigenvalue weighted by atomic mass is 9.82. The average Bonchev–Trinajstić information content (AvgIpc) is 2.69. The van der Waals surface area contributed by atoms with Gasteiger partial charge in [0.05, 0.1) is 0 Å². The molecule has 0 aromatic heterocycles. The Morgan fingerprint density at radius 3 is 2.52 bits per heavy atom. The smallest absolute Gasteiger partial charge is 0.241 e. The van der Waals surface area contributed by atoms with E-state index in [2.05, 4.69) is 0 Å². The molecule has 0 amide bonds. The second-order valence-electron chi connectivity index (χ2n) is 5.77. The molecule has 1 aliphatic heterocycles. The highest BCUT2D eigenvalue weighted by Gasteiger charge is 2.57. The summed E-state index contributed by atoms with van der Waals surface area (Å²) in [5.41, 5.74) is 1.70. The second kappa shape index (κ2) is 4.86. The van der Waals surface area contributed by atoms with Crippen LogP contribution < -0.4 is 4.74 Å². The number of aliphatic hydroxyl groups is 1. The van der Waals surface area contributed by atoms with Crippen molar-refractivity contribution in [1.82, 2.24) is 0 Å². The number of fused-ring (bicyclic) bond motifs is 1. The summed E-state index contributed by atoms with van der Waals surface area (Å²) in [4.78, 5) is 0. The Morgan fingerprint density at radius 2 is 1.86 bits per heavy atom. The average molecular weight is 284 g/mol. The van der Waals surface area contributed by atoms with Crippen molar-refractivity contribution in [2.45, 2.75) is 31.7 Å². The van der Waals surface area contributed by atoms with Gasteiger partial charge in [-0.05, 0) is 24.6 Å². The number of rotatable bonds is 3. The third-order valence-electron chi connectivity index (χ3n) is 4.33. The van der Waals surface area contributed by atoms with Gasteiger partial charge < -0.3 is 14.6 Å². The lowest BCUT2D eigenvalue weighted by molar-refractivity contribution is -0.248. The van der Waals surface area contributed by atoms with Crippen molar-refractivity contribution in [3.05, 3.63) is 65.2 Å². The Morgan fingerprint density at radius 1 is 1.14 bits per heavy atom. The summed E-state index contributed by atoms with van der Waals surface area (Å²) in [6.45, 7) is 3.79. The fourth-order valence-electron chi connectivity index (χ4n) is 2.95. The predicted molar refractivity (Wildman–Crippen MR) is 81.3 cm³/mol. The zero-order valence-corrected chi connectivity index (χ0v) is 12.6. The molecule has 0 saturated carbocycles. The van der Waals surface area contributed by atoms with Crippen molar-refractivity contribution in [2.24, 2.45) is 0 Å². The Balaban J connectivity index is 2.10. The topological polar surface area (TPSA) is 38.7 Å². The molecule has 2 aromatic carbocycles. The highest BCUT2D eigenvalue weighted by atomic mass is 16.7. The van der Waals surface area contributed by atoms with E-state index in [1.54, 1.807) is 14.0 Å². The predicted octanol–water partition coefficient (Wildman–Crippen LogP) is 3.18. The molecule has 0 saturated heterocycles. The third kappa shape index (κ3) is 2.13. The molecule has 3 heteroatoms. The van der Waals surface area contributed by atoms with E-state index in [-0.39, 0.29) is 0 Å². The summed E-state index contributed by atoms with van der Waals surface area (Å²) in [5, 5.41) is 11.4. The van der Waals surface area contributed by atoms with Crippen molar-refractivity contribution in [3.8, 4) is 5.75 Å². The van der Waals surface area contributed by atoms with E-state index in [1.807, 2.05) is 55.5 Å². The largest absolute Gasteiger partial charge is 0.459 e. The van der Waals surface area contributed by atoms with E-state index in [0.29, 0.717) is 12.2 Å². The van der Waals surface area contributed by atoms with Gasteiger partial charge in [-0.25, -0.2) is 0 Å². The van der Waals surface area contributed by atoms with Gasteiger partial charge in [0.25, 0.3) is 0 Å². The van der Waals surface area contributed by atoms with Crippen molar-refractivity contribution in [2.75, 3.05) is 7.11 Å². The van der Waals surface area contributed by atoms with E-state index in [4.69, 9.17) is 9.47 Å². The van der Waals surface area contributed by atoms with E-state index >= 15 is 0 Å². The second-order valence-corrected chi connectivity index (χ2v) is 5.77. The number of ether oxygens (including phenoxy) is 2. The molecular weight excluding hydrogens is 264 g/mol. The number of benzene rings is 2. The Hall–Kier alpha value is -1.84. The van der Waals surface area contributed by atoms with Crippen LogP contribution in [0.4, 0.5) is 0 Å². The first kappa shape index (κ1) is 14.1. The fourth-order valence-corrected chi connectivity index (χ4v) is 2.95. The number of hydrogen-bond donors (Lipinski definition) is 1. The van der Waals surface area contributed by atoms with E-state index in [9.17, 15) is 5.11 Å². The van der Waals surface area contributed by atoms with Gasteiger partial charge in [0.2, 0.25) is 5.79 Å². The highest BCUT2D eigenvalue weighted by molar-refractivity contribution is 5.47. The summed E-state index contributed by atoms with van der Waals surface area (Å²) in [7, 11) is 1.56. The summed E-state index contributed by atoms with van der Waals surface area (Å²) >= 11 is 0. The SMILES string of the molecule is COC1(C)Oc2ccc(C)cc2C1(O)Cc1ccccc1. The Labute approximate surface area is 125 Å². The molecule has 3 nitrogen and oxygen atoms in total. The van der Waals surface area contributed by atoms with Gasteiger partial charge in [0.15, 0.2) is 5.60 Å². The number of methoxy groups -OCH3 is 1. The summed E-state index contributed by atoms with van der Waals surface area (Å²) < 4.78 is 11.5. The molecule has 1 N–H and O–H groups in total. The summed E-state index contributed by atoms with van der Waals surface area (Å²) in [6, 6.07) is 15.7. The number of hydrogen-bond acceptors (Lipinski definition) is 3. The molecule has 0 aliphatic carbocycles. The van der Waals surface area contributed by atoms with E-state index < -0.39 is 11.4 Å². The fraction of sp³-hybridized carbons (Fsp3) is 0.333. The standard InChI is InChI=1S/C18H20O3/c1-13-9-10-16-15(11-13)18(19,17(2,20-3)21-16)12-14-7-5-4-6-8-14/h4-11,19H,12H2,1-3H3. The van der Waals surface area contributed by atoms with Crippen LogP contribution in [-0.4, -0.2) is 18.0 Å². The zero-order valence-electron chi connectivity index (χ0n) is 12.6. The molecule has 0 bridgehead atoms. The van der Waals surface area contributed by atoms with Crippen molar-refractivity contribution >= 4 is 0 Å². The Kier molecular flexibility index (Phi) is 3.27. The van der Waals surface area contributed by atoms with Gasteiger partial charge in [0.1, 0.15) is 5.75 Å². The van der Waals surface area contributed by atoms with Crippen LogP contribution in [0.1, 0.15) is 23.6 Å². The first-order valence-corrected chi connectivity index (χ1v) is 7.10. The Bertz CT molecular complexity index is 653. The lowest BCUT2D eigenvalue weighted by Gasteiger charge is -2.37. The van der Waals surface area contributed by atoms with E-state index in [1.165, 1.54) is 0 Å². The molecule has 0 radical (unpaired) electrons. The molecule has 2 unspecified atom stereocenters. The van der Waals surface area contributed by atoms with Crippen LogP contribution in [0, 0.1) is 6.92 Å². The molecule has 0 spiro atoms. The quantitative estimate of drug-likeness (QED) is 0.941. The summed E-state index contributed by atoms with van der Waals surface area (Å²) in [6.07, 6.45) is 0.439. The molecule has 3 rings (SSSR count). The minimum absolute atomic E-state index is 0.439. The monoisotopic (exact) mass is 284 g/mol. The first-order chi connectivity index (χ1) is 9.98. The molecule has 110 valence electrons. The van der Waals surface area contributed by atoms with Gasteiger partial charge in [-0.15, -0.1) is 0 Å². The van der Waals surface area contributed by atoms with Crippen molar-refractivity contribution in [3.63, 3.8) is 0 Å². The van der Waals surface area contributed by atoms with Crippen LogP contribution in [0.2, 0.25) is 0 Å². The zero-order chi connectivity index (χ0) is 15.1. The molecule has 2 atom stereocenters. The van der Waals surface area contributed by atoms with Crippen molar-refractivity contribution < 1.29 is 14.6 Å². The molecule has 2 aromatic rings. The van der Waals surface area contributed by atoms with Gasteiger partial charge >= 0.3 is 0 Å². The molecule has 21 heavy (non-hydrogen) atoms. The van der Waals surface area contributed by atoms with Crippen LogP contribution in [0.3, 0.4) is 0 Å². The van der Waals surface area contributed by atoms with Gasteiger partial charge in [0, 0.05) is 26.0 Å². The van der Waals surface area contributed by atoms with Crippen LogP contribution in [0.5, 0.6) is 5.75 Å². The van der Waals surface area contributed by atoms with Gasteiger partial charge in [-0.3, -0.25) is 0 Å². The number of aryl methyl sites for hydroxylation is 1. The summed E-state index contributed by atoms with van der Waals surface area (Å²) in [5.74, 6) is -0.415. The van der Waals surface area contributed by atoms with Crippen molar-refractivity contribution in [1.29, 1.82) is 0 Å². The third-order valence-corrected chi connectivity index (χ3v) is 4.33. The maximum absolute atomic E-state index is 11.4. The lowest BCUT2D eigenvalue weighted by Crippen LogP contribution is -2.52. The molecule has 1 aliphatic rings. The van der Waals surface area contributed by atoms with Crippen LogP contribution >= 0.6 is 0 Å². The normalized spacial score (nSPS) is 27.2. The molecular formula is C18H20O3. The van der Waals surface area contributed by atoms with Crippen LogP contribution in [0.25, 0.3) is 0 Å². The van der Waals surface area contributed by atoms with Gasteiger partial charge in [-0.1, -0.05) is 42.0 Å². The van der Waals surface area contributed by atoms with Crippen LogP contribution in [0.15, 0.2) is 48.5 Å². The highest BCUT2D eigenvalue weighted by Crippen LogP contribution is 2.50. The van der Waals surface area contributed by atoms with E-state index in [0.717, 1.165) is 16.7 Å². The maximum atomic E-state index is 11.4. The first-order valence-electron chi connectivity index (χ1n) is 7.10. The minimum atomic E-state index is -1.22. The molecule has 0 fully saturated rings. The minimum Gasteiger partial charge on any atom is -0.459 e. The van der Waals surface area contributed by atoms with Gasteiger partial charge in [-0.2, -0.15) is 0 Å². The molecule has 1 heterocycles. The maximum Gasteiger partial charge on any atom is 0.241 e.